The minimum absolute atomic E-state index is 0.722. The van der Waals surface area contributed by atoms with E-state index in [-0.39, 0.29) is 0 Å². The predicted octanol–water partition coefficient (Wildman–Crippen LogP) is 3.02. The van der Waals surface area contributed by atoms with Crippen molar-refractivity contribution in [3.63, 3.8) is 0 Å². The molecule has 0 aromatic heterocycles. The largest absolute Gasteiger partial charge is 0.310 e. The van der Waals surface area contributed by atoms with Crippen molar-refractivity contribution in [1.29, 1.82) is 0 Å². The lowest BCUT2D eigenvalue weighted by Gasteiger charge is -2.35. The lowest BCUT2D eigenvalue weighted by molar-refractivity contribution is 0.166. The van der Waals surface area contributed by atoms with Gasteiger partial charge in [-0.15, -0.1) is 0 Å². The number of benzene rings is 1. The summed E-state index contributed by atoms with van der Waals surface area (Å²) < 4.78 is 0. The number of hydrogen-bond acceptors (Lipinski definition) is 2. The van der Waals surface area contributed by atoms with Gasteiger partial charge in [0.25, 0.3) is 0 Å². The van der Waals surface area contributed by atoms with Crippen molar-refractivity contribution < 1.29 is 0 Å². The van der Waals surface area contributed by atoms with Crippen LogP contribution in [-0.4, -0.2) is 30.1 Å². The standard InChI is InChI=1S/C17H26N2/c1-13-5-3-6-15(14(13)2)12-18-16-8-10-19-9-4-7-17(19)11-16/h3,5-6,16-18H,4,7-12H2,1-2H3. The number of rotatable bonds is 3. The first kappa shape index (κ1) is 13.1. The SMILES string of the molecule is Cc1cccc(CNC2CCN3CCCC3C2)c1C. The molecule has 2 fully saturated rings. The van der Waals surface area contributed by atoms with Crippen molar-refractivity contribution in [3.05, 3.63) is 34.9 Å². The van der Waals surface area contributed by atoms with Gasteiger partial charge >= 0.3 is 0 Å². The first-order valence-electron chi connectivity index (χ1n) is 7.76. The first-order valence-corrected chi connectivity index (χ1v) is 7.76. The number of hydrogen-bond donors (Lipinski definition) is 1. The Kier molecular flexibility index (Phi) is 3.90. The Labute approximate surface area is 117 Å². The normalized spacial score (nSPS) is 27.5. The van der Waals surface area contributed by atoms with E-state index in [9.17, 15) is 0 Å². The summed E-state index contributed by atoms with van der Waals surface area (Å²) in [6.07, 6.45) is 5.50. The molecular formula is C17H26N2. The number of piperidine rings is 1. The van der Waals surface area contributed by atoms with Gasteiger partial charge in [-0.05, 0) is 69.3 Å². The minimum atomic E-state index is 0.722. The fourth-order valence-electron chi connectivity index (χ4n) is 3.67. The van der Waals surface area contributed by atoms with Crippen LogP contribution in [0.4, 0.5) is 0 Å². The van der Waals surface area contributed by atoms with Crippen LogP contribution in [0.1, 0.15) is 42.4 Å². The van der Waals surface area contributed by atoms with Crippen molar-refractivity contribution in [3.8, 4) is 0 Å². The van der Waals surface area contributed by atoms with Crippen LogP contribution in [0.2, 0.25) is 0 Å². The molecule has 2 heteroatoms. The van der Waals surface area contributed by atoms with Gasteiger partial charge in [-0.2, -0.15) is 0 Å². The highest BCUT2D eigenvalue weighted by molar-refractivity contribution is 5.32. The molecule has 19 heavy (non-hydrogen) atoms. The lowest BCUT2D eigenvalue weighted by atomic mass is 9.97. The van der Waals surface area contributed by atoms with Crippen LogP contribution in [0.25, 0.3) is 0 Å². The molecule has 0 aliphatic carbocycles. The average Bonchev–Trinajstić information content (AvgIpc) is 2.88. The second-order valence-corrected chi connectivity index (χ2v) is 6.29. The zero-order valence-electron chi connectivity index (χ0n) is 12.3. The van der Waals surface area contributed by atoms with Crippen LogP contribution >= 0.6 is 0 Å². The van der Waals surface area contributed by atoms with Crippen molar-refractivity contribution in [2.45, 2.75) is 58.2 Å². The second kappa shape index (κ2) is 5.64. The molecule has 2 aliphatic heterocycles. The topological polar surface area (TPSA) is 15.3 Å². The third kappa shape index (κ3) is 2.85. The van der Waals surface area contributed by atoms with E-state index in [0.717, 1.165) is 18.6 Å². The van der Waals surface area contributed by atoms with E-state index in [1.54, 1.807) is 0 Å². The van der Waals surface area contributed by atoms with Gasteiger partial charge in [0.1, 0.15) is 0 Å². The molecule has 2 heterocycles. The summed E-state index contributed by atoms with van der Waals surface area (Å²) in [7, 11) is 0. The predicted molar refractivity (Wildman–Crippen MR) is 80.4 cm³/mol. The Hall–Kier alpha value is -0.860. The molecule has 0 radical (unpaired) electrons. The molecular weight excluding hydrogens is 232 g/mol. The van der Waals surface area contributed by atoms with E-state index >= 15 is 0 Å². The fourth-order valence-corrected chi connectivity index (χ4v) is 3.67. The van der Waals surface area contributed by atoms with E-state index in [1.165, 1.54) is 55.5 Å². The second-order valence-electron chi connectivity index (χ2n) is 6.29. The Morgan fingerprint density at radius 1 is 1.21 bits per heavy atom. The summed E-state index contributed by atoms with van der Waals surface area (Å²) in [5, 5.41) is 3.79. The highest BCUT2D eigenvalue weighted by Crippen LogP contribution is 2.27. The molecule has 2 saturated heterocycles. The van der Waals surface area contributed by atoms with Gasteiger partial charge in [-0.1, -0.05) is 18.2 Å². The molecule has 2 unspecified atom stereocenters. The van der Waals surface area contributed by atoms with Crippen LogP contribution in [0.5, 0.6) is 0 Å². The maximum Gasteiger partial charge on any atom is 0.0210 e. The highest BCUT2D eigenvalue weighted by atomic mass is 15.2. The van der Waals surface area contributed by atoms with Gasteiger partial charge < -0.3 is 10.2 Å². The molecule has 2 nitrogen and oxygen atoms in total. The molecule has 104 valence electrons. The Morgan fingerprint density at radius 2 is 2.11 bits per heavy atom. The van der Waals surface area contributed by atoms with Crippen LogP contribution < -0.4 is 5.32 Å². The van der Waals surface area contributed by atoms with E-state index in [1.807, 2.05) is 0 Å². The Morgan fingerprint density at radius 3 is 3.00 bits per heavy atom. The van der Waals surface area contributed by atoms with E-state index in [2.05, 4.69) is 42.3 Å². The zero-order chi connectivity index (χ0) is 13.2. The molecule has 1 aromatic rings. The van der Waals surface area contributed by atoms with Crippen molar-refractivity contribution in [2.24, 2.45) is 0 Å². The average molecular weight is 258 g/mol. The molecule has 0 saturated carbocycles. The van der Waals surface area contributed by atoms with Crippen LogP contribution in [0, 0.1) is 13.8 Å². The van der Waals surface area contributed by atoms with Gasteiger partial charge in [-0.25, -0.2) is 0 Å². The van der Waals surface area contributed by atoms with E-state index in [4.69, 9.17) is 0 Å². The third-order valence-electron chi connectivity index (χ3n) is 5.12. The quantitative estimate of drug-likeness (QED) is 0.896. The lowest BCUT2D eigenvalue weighted by Crippen LogP contribution is -2.45. The molecule has 2 atom stereocenters. The van der Waals surface area contributed by atoms with Crippen molar-refractivity contribution >= 4 is 0 Å². The van der Waals surface area contributed by atoms with E-state index < -0.39 is 0 Å². The Bertz CT molecular complexity index is 441. The van der Waals surface area contributed by atoms with Gasteiger partial charge in [0.2, 0.25) is 0 Å². The van der Waals surface area contributed by atoms with Crippen molar-refractivity contribution in [2.75, 3.05) is 13.1 Å². The summed E-state index contributed by atoms with van der Waals surface area (Å²) in [6.45, 7) is 8.12. The molecule has 0 amide bonds. The monoisotopic (exact) mass is 258 g/mol. The van der Waals surface area contributed by atoms with E-state index in [0.29, 0.717) is 0 Å². The van der Waals surface area contributed by atoms with Crippen LogP contribution in [-0.2, 0) is 6.54 Å². The fraction of sp³-hybridized carbons (Fsp3) is 0.647. The van der Waals surface area contributed by atoms with Crippen molar-refractivity contribution in [1.82, 2.24) is 10.2 Å². The summed E-state index contributed by atoms with van der Waals surface area (Å²) in [6, 6.07) is 8.23. The number of nitrogens with zero attached hydrogens (tertiary/aromatic N) is 1. The maximum absolute atomic E-state index is 3.79. The number of nitrogens with one attached hydrogen (secondary N) is 1. The summed E-state index contributed by atoms with van der Waals surface area (Å²) in [5.74, 6) is 0. The minimum Gasteiger partial charge on any atom is -0.310 e. The molecule has 1 aromatic carbocycles. The number of aryl methyl sites for hydroxylation is 1. The van der Waals surface area contributed by atoms with Gasteiger partial charge in [0.15, 0.2) is 0 Å². The van der Waals surface area contributed by atoms with Gasteiger partial charge in [0, 0.05) is 18.6 Å². The first-order chi connectivity index (χ1) is 9.24. The van der Waals surface area contributed by atoms with Gasteiger partial charge in [0.05, 0.1) is 0 Å². The third-order valence-corrected chi connectivity index (χ3v) is 5.12. The summed E-state index contributed by atoms with van der Waals surface area (Å²) in [5.41, 5.74) is 4.33. The van der Waals surface area contributed by atoms with Crippen LogP contribution in [0.15, 0.2) is 18.2 Å². The maximum atomic E-state index is 3.79. The molecule has 0 bridgehead atoms. The van der Waals surface area contributed by atoms with Crippen LogP contribution in [0.3, 0.4) is 0 Å². The zero-order valence-corrected chi connectivity index (χ0v) is 12.3. The Balaban J connectivity index is 1.56. The molecule has 3 rings (SSSR count). The smallest absolute Gasteiger partial charge is 0.0210 e. The molecule has 0 spiro atoms. The summed E-state index contributed by atoms with van der Waals surface area (Å²) in [4.78, 5) is 2.69. The van der Waals surface area contributed by atoms with Gasteiger partial charge in [-0.3, -0.25) is 0 Å². The number of fused-ring (bicyclic) bond motifs is 1. The highest BCUT2D eigenvalue weighted by Gasteiger charge is 2.31. The molecule has 2 aliphatic rings. The molecule has 1 N–H and O–H groups in total. The summed E-state index contributed by atoms with van der Waals surface area (Å²) >= 11 is 0.